The first-order chi connectivity index (χ1) is 9.65. The number of hydrazine groups is 1. The maximum atomic E-state index is 5.86. The van der Waals surface area contributed by atoms with E-state index in [2.05, 4.69) is 38.0 Å². The normalized spacial score (nSPS) is 10.8. The molecule has 7 heteroatoms. The van der Waals surface area contributed by atoms with Crippen LogP contribution in [0.2, 0.25) is 0 Å². The second-order valence-electron chi connectivity index (χ2n) is 4.13. The molecule has 0 aliphatic heterocycles. The fourth-order valence-electron chi connectivity index (χ4n) is 1.77. The molecular formula is C13H11IN4OS. The summed E-state index contributed by atoms with van der Waals surface area (Å²) in [6.45, 7) is 2.02. The van der Waals surface area contributed by atoms with E-state index in [-0.39, 0.29) is 0 Å². The number of halogens is 1. The molecule has 2 heterocycles. The van der Waals surface area contributed by atoms with Crippen LogP contribution in [-0.4, -0.2) is 9.97 Å². The van der Waals surface area contributed by atoms with Crippen LogP contribution in [0.5, 0.6) is 11.6 Å². The number of ether oxygens (including phenoxy) is 1. The van der Waals surface area contributed by atoms with E-state index in [1.165, 1.54) is 0 Å². The molecule has 0 amide bonds. The predicted molar refractivity (Wildman–Crippen MR) is 89.2 cm³/mol. The Labute approximate surface area is 133 Å². The van der Waals surface area contributed by atoms with Gasteiger partial charge in [0.2, 0.25) is 11.8 Å². The molecule has 0 radical (unpaired) electrons. The molecule has 5 nitrogen and oxygen atoms in total. The molecule has 0 aliphatic carbocycles. The summed E-state index contributed by atoms with van der Waals surface area (Å²) in [5, 5.41) is 0.894. The van der Waals surface area contributed by atoms with Gasteiger partial charge in [-0.05, 0) is 59.8 Å². The van der Waals surface area contributed by atoms with E-state index in [0.717, 1.165) is 24.4 Å². The Hall–Kier alpha value is -1.45. The zero-order valence-electron chi connectivity index (χ0n) is 10.6. The minimum absolute atomic E-state index is 0.347. The largest absolute Gasteiger partial charge is 0.438 e. The zero-order valence-corrected chi connectivity index (χ0v) is 13.5. The molecule has 0 atom stereocenters. The fraction of sp³-hybridized carbons (Fsp3) is 0.0769. The lowest BCUT2D eigenvalue weighted by Gasteiger charge is -2.07. The molecule has 0 unspecified atom stereocenters. The summed E-state index contributed by atoms with van der Waals surface area (Å²) in [7, 11) is 0. The third-order valence-corrected chi connectivity index (χ3v) is 4.30. The van der Waals surface area contributed by atoms with Crippen molar-refractivity contribution >= 4 is 50.1 Å². The number of aryl methyl sites for hydroxylation is 1. The van der Waals surface area contributed by atoms with Gasteiger partial charge in [-0.2, -0.15) is 4.98 Å². The maximum absolute atomic E-state index is 5.86. The summed E-state index contributed by atoms with van der Waals surface area (Å²) < 4.78 is 7.01. The highest BCUT2D eigenvalue weighted by molar-refractivity contribution is 14.1. The minimum Gasteiger partial charge on any atom is -0.438 e. The topological polar surface area (TPSA) is 73.1 Å². The van der Waals surface area contributed by atoms with Crippen LogP contribution in [0.4, 0.5) is 5.95 Å². The lowest BCUT2D eigenvalue weighted by Crippen LogP contribution is -2.10. The lowest BCUT2D eigenvalue weighted by molar-refractivity contribution is 0.469. The molecule has 102 valence electrons. The van der Waals surface area contributed by atoms with E-state index in [9.17, 15) is 0 Å². The van der Waals surface area contributed by atoms with Crippen molar-refractivity contribution in [2.75, 3.05) is 5.43 Å². The first-order valence-corrected chi connectivity index (χ1v) is 7.73. The van der Waals surface area contributed by atoms with Crippen molar-refractivity contribution in [3.05, 3.63) is 38.8 Å². The molecule has 0 saturated heterocycles. The van der Waals surface area contributed by atoms with Crippen molar-refractivity contribution in [1.29, 1.82) is 0 Å². The van der Waals surface area contributed by atoms with Crippen LogP contribution in [0, 0.1) is 10.5 Å². The quantitative estimate of drug-likeness (QED) is 0.400. The van der Waals surface area contributed by atoms with E-state index in [1.54, 1.807) is 11.3 Å². The van der Waals surface area contributed by atoms with Gasteiger partial charge in [0.05, 0.1) is 5.39 Å². The van der Waals surface area contributed by atoms with Gasteiger partial charge in [0.25, 0.3) is 0 Å². The average molecular weight is 398 g/mol. The standard InChI is InChI=1S/C13H11IN4OS/c1-7-6-10-11(16-13(18-15)17-12(10)20-7)19-9-4-2-8(14)3-5-9/h2-6H,15H2,1H3,(H,16,17,18). The number of anilines is 1. The van der Waals surface area contributed by atoms with E-state index < -0.39 is 0 Å². The first kappa shape index (κ1) is 13.5. The molecule has 0 aliphatic rings. The van der Waals surface area contributed by atoms with Crippen molar-refractivity contribution in [1.82, 2.24) is 9.97 Å². The van der Waals surface area contributed by atoms with Gasteiger partial charge in [-0.15, -0.1) is 11.3 Å². The summed E-state index contributed by atoms with van der Waals surface area (Å²) in [6.07, 6.45) is 0. The number of thiophene rings is 1. The Bertz CT molecular complexity index is 757. The van der Waals surface area contributed by atoms with Gasteiger partial charge in [-0.3, -0.25) is 5.43 Å². The second kappa shape index (κ2) is 5.51. The fourth-order valence-corrected chi connectivity index (χ4v) is 3.00. The van der Waals surface area contributed by atoms with Crippen LogP contribution in [-0.2, 0) is 0 Å². The van der Waals surface area contributed by atoms with E-state index in [0.29, 0.717) is 11.8 Å². The van der Waals surface area contributed by atoms with E-state index in [4.69, 9.17) is 10.6 Å². The minimum atomic E-state index is 0.347. The van der Waals surface area contributed by atoms with Crippen molar-refractivity contribution < 1.29 is 4.74 Å². The summed E-state index contributed by atoms with van der Waals surface area (Å²) in [4.78, 5) is 10.6. The summed E-state index contributed by atoms with van der Waals surface area (Å²) >= 11 is 3.83. The number of nitrogens with zero attached hydrogens (tertiary/aromatic N) is 2. The number of hydrogen-bond acceptors (Lipinski definition) is 6. The van der Waals surface area contributed by atoms with Crippen LogP contribution < -0.4 is 16.0 Å². The Morgan fingerprint density at radius 2 is 2.00 bits per heavy atom. The van der Waals surface area contributed by atoms with Crippen molar-refractivity contribution in [2.45, 2.75) is 6.92 Å². The molecule has 2 aromatic heterocycles. The van der Waals surface area contributed by atoms with Crippen LogP contribution in [0.15, 0.2) is 30.3 Å². The number of benzene rings is 1. The molecular weight excluding hydrogens is 387 g/mol. The third kappa shape index (κ3) is 2.69. The predicted octanol–water partition coefficient (Wildman–Crippen LogP) is 3.68. The van der Waals surface area contributed by atoms with Crippen LogP contribution >= 0.6 is 33.9 Å². The summed E-state index contributed by atoms with van der Waals surface area (Å²) in [5.41, 5.74) is 2.47. The highest BCUT2D eigenvalue weighted by atomic mass is 127. The van der Waals surface area contributed by atoms with Gasteiger partial charge >= 0.3 is 0 Å². The van der Waals surface area contributed by atoms with Gasteiger partial charge in [0.15, 0.2) is 0 Å². The van der Waals surface area contributed by atoms with Gasteiger partial charge in [-0.1, -0.05) is 0 Å². The Kier molecular flexibility index (Phi) is 3.72. The molecule has 3 aromatic rings. The van der Waals surface area contributed by atoms with Crippen molar-refractivity contribution in [3.8, 4) is 11.6 Å². The van der Waals surface area contributed by atoms with Crippen LogP contribution in [0.25, 0.3) is 10.2 Å². The second-order valence-corrected chi connectivity index (χ2v) is 6.61. The van der Waals surface area contributed by atoms with Gasteiger partial charge in [-0.25, -0.2) is 10.8 Å². The Morgan fingerprint density at radius 3 is 2.70 bits per heavy atom. The van der Waals surface area contributed by atoms with Crippen molar-refractivity contribution in [2.24, 2.45) is 5.84 Å². The van der Waals surface area contributed by atoms with Crippen LogP contribution in [0.3, 0.4) is 0 Å². The molecule has 0 saturated carbocycles. The number of hydrogen-bond donors (Lipinski definition) is 2. The van der Waals surface area contributed by atoms with Gasteiger partial charge in [0.1, 0.15) is 10.6 Å². The molecule has 20 heavy (non-hydrogen) atoms. The summed E-state index contributed by atoms with van der Waals surface area (Å²) in [5.74, 6) is 6.99. The highest BCUT2D eigenvalue weighted by Crippen LogP contribution is 2.33. The monoisotopic (exact) mass is 398 g/mol. The highest BCUT2D eigenvalue weighted by Gasteiger charge is 2.12. The van der Waals surface area contributed by atoms with Gasteiger partial charge < -0.3 is 4.74 Å². The number of nitrogens with one attached hydrogen (secondary N) is 1. The Morgan fingerprint density at radius 1 is 1.25 bits per heavy atom. The van der Waals surface area contributed by atoms with Crippen LogP contribution in [0.1, 0.15) is 4.88 Å². The summed E-state index contributed by atoms with van der Waals surface area (Å²) in [6, 6.07) is 9.79. The maximum Gasteiger partial charge on any atom is 0.241 e. The number of aromatic nitrogens is 2. The zero-order chi connectivity index (χ0) is 14.1. The molecule has 0 spiro atoms. The molecule has 3 N–H and O–H groups in total. The molecule has 0 bridgehead atoms. The third-order valence-electron chi connectivity index (χ3n) is 2.64. The Balaban J connectivity index is 2.06. The molecule has 3 rings (SSSR count). The van der Waals surface area contributed by atoms with Crippen molar-refractivity contribution in [3.63, 3.8) is 0 Å². The average Bonchev–Trinajstić information content (AvgIpc) is 2.81. The number of nitrogens with two attached hydrogens (primary N) is 1. The van der Waals surface area contributed by atoms with E-state index >= 15 is 0 Å². The first-order valence-electron chi connectivity index (χ1n) is 5.84. The lowest BCUT2D eigenvalue weighted by atomic mass is 10.3. The van der Waals surface area contributed by atoms with E-state index in [1.807, 2.05) is 37.3 Å². The number of rotatable bonds is 3. The smallest absolute Gasteiger partial charge is 0.241 e. The SMILES string of the molecule is Cc1cc2c(Oc3ccc(I)cc3)nc(NN)nc2s1. The molecule has 1 aromatic carbocycles. The number of nitrogen functional groups attached to an aromatic ring is 1. The van der Waals surface area contributed by atoms with Gasteiger partial charge in [0, 0.05) is 8.45 Å². The molecule has 0 fully saturated rings. The number of fused-ring (bicyclic) bond motifs is 1.